The van der Waals surface area contributed by atoms with Crippen molar-refractivity contribution in [2.45, 2.75) is 31.9 Å². The number of piperazine rings is 1. The molecule has 0 spiro atoms. The summed E-state index contributed by atoms with van der Waals surface area (Å²) in [6.07, 6.45) is 1.42. The number of nitrogens with one attached hydrogen (secondary N) is 1. The topological polar surface area (TPSA) is 61.9 Å². The molecule has 2 heterocycles. The molecule has 2 amide bonds. The molecule has 2 atom stereocenters. The lowest BCUT2D eigenvalue weighted by Crippen LogP contribution is -2.55. The van der Waals surface area contributed by atoms with Gasteiger partial charge >= 0.3 is 0 Å². The highest BCUT2D eigenvalue weighted by molar-refractivity contribution is 6.33. The van der Waals surface area contributed by atoms with Crippen LogP contribution in [0, 0.1) is 5.82 Å². The fourth-order valence-electron chi connectivity index (χ4n) is 3.30. The molecule has 0 bridgehead atoms. The van der Waals surface area contributed by atoms with Crippen LogP contribution in [-0.4, -0.2) is 66.5 Å². The van der Waals surface area contributed by atoms with E-state index >= 15 is 0 Å². The summed E-state index contributed by atoms with van der Waals surface area (Å²) in [4.78, 5) is 28.7. The van der Waals surface area contributed by atoms with E-state index in [1.165, 1.54) is 12.1 Å². The second kappa shape index (κ2) is 8.33. The zero-order valence-corrected chi connectivity index (χ0v) is 15.5. The van der Waals surface area contributed by atoms with Gasteiger partial charge in [-0.25, -0.2) is 4.39 Å². The zero-order valence-electron chi connectivity index (χ0n) is 14.7. The van der Waals surface area contributed by atoms with E-state index in [0.29, 0.717) is 38.5 Å². The van der Waals surface area contributed by atoms with Crippen molar-refractivity contribution in [2.24, 2.45) is 0 Å². The number of benzene rings is 1. The Morgan fingerprint density at radius 1 is 1.31 bits per heavy atom. The summed E-state index contributed by atoms with van der Waals surface area (Å²) < 4.78 is 18.6. The summed E-state index contributed by atoms with van der Waals surface area (Å²) in [5.41, 5.74) is 0.386. The average molecular weight is 384 g/mol. The van der Waals surface area contributed by atoms with Gasteiger partial charge in [0.2, 0.25) is 5.91 Å². The van der Waals surface area contributed by atoms with Crippen molar-refractivity contribution in [3.05, 3.63) is 29.0 Å². The van der Waals surface area contributed by atoms with Crippen LogP contribution in [-0.2, 0) is 14.3 Å². The third-order valence-electron chi connectivity index (χ3n) is 4.95. The van der Waals surface area contributed by atoms with E-state index in [9.17, 15) is 14.0 Å². The number of hydrogen-bond acceptors (Lipinski definition) is 4. The lowest BCUT2D eigenvalue weighted by molar-refractivity contribution is -0.143. The van der Waals surface area contributed by atoms with Gasteiger partial charge in [0.05, 0.1) is 16.8 Å². The van der Waals surface area contributed by atoms with E-state index in [2.05, 4.69) is 5.32 Å². The Kier molecular flexibility index (Phi) is 6.11. The number of carbonyl (C=O) groups is 2. The highest BCUT2D eigenvalue weighted by Gasteiger charge is 2.32. The Balaban J connectivity index is 1.51. The van der Waals surface area contributed by atoms with Crippen molar-refractivity contribution in [3.8, 4) is 0 Å². The average Bonchev–Trinajstić information content (AvgIpc) is 3.17. The molecule has 2 fully saturated rings. The van der Waals surface area contributed by atoms with Gasteiger partial charge in [0.1, 0.15) is 11.9 Å². The standard InChI is InChI=1S/C18H23ClFN3O3/c1-12(17(24)21-15-5-4-13(20)11-14(15)19)22-6-8-23(9-7-22)18(25)16-3-2-10-26-16/h4-5,11-12,16H,2-3,6-10H2,1H3,(H,21,24). The quantitative estimate of drug-likeness (QED) is 0.865. The van der Waals surface area contributed by atoms with Crippen LogP contribution >= 0.6 is 11.6 Å². The van der Waals surface area contributed by atoms with Crippen molar-refractivity contribution in [1.82, 2.24) is 9.80 Å². The molecule has 0 aliphatic carbocycles. The van der Waals surface area contributed by atoms with Crippen LogP contribution in [0.3, 0.4) is 0 Å². The number of anilines is 1. The predicted octanol–water partition coefficient (Wildman–Crippen LogP) is 2.13. The number of ether oxygens (including phenoxy) is 1. The molecular formula is C18H23ClFN3O3. The molecule has 2 aliphatic heterocycles. The maximum atomic E-state index is 13.1. The van der Waals surface area contributed by atoms with Crippen LogP contribution in [0.15, 0.2) is 18.2 Å². The normalized spacial score (nSPS) is 22.3. The first-order valence-corrected chi connectivity index (χ1v) is 9.24. The lowest BCUT2D eigenvalue weighted by atomic mass is 10.1. The predicted molar refractivity (Wildman–Crippen MR) is 96.6 cm³/mol. The van der Waals surface area contributed by atoms with Gasteiger partial charge in [-0.15, -0.1) is 0 Å². The van der Waals surface area contributed by atoms with Gasteiger partial charge in [0.25, 0.3) is 5.91 Å². The summed E-state index contributed by atoms with van der Waals surface area (Å²) in [6.45, 7) is 4.85. The van der Waals surface area contributed by atoms with Gasteiger partial charge in [-0.2, -0.15) is 0 Å². The van der Waals surface area contributed by atoms with Crippen LogP contribution < -0.4 is 5.32 Å². The van der Waals surface area contributed by atoms with Crippen LogP contribution in [0.5, 0.6) is 0 Å². The fraction of sp³-hybridized carbons (Fsp3) is 0.556. The maximum Gasteiger partial charge on any atom is 0.251 e. The van der Waals surface area contributed by atoms with E-state index in [4.69, 9.17) is 16.3 Å². The van der Waals surface area contributed by atoms with Gasteiger partial charge in [-0.3, -0.25) is 14.5 Å². The van der Waals surface area contributed by atoms with Gasteiger partial charge in [0.15, 0.2) is 0 Å². The van der Waals surface area contributed by atoms with E-state index < -0.39 is 5.82 Å². The Morgan fingerprint density at radius 3 is 2.65 bits per heavy atom. The number of hydrogen-bond donors (Lipinski definition) is 1. The monoisotopic (exact) mass is 383 g/mol. The molecule has 0 saturated carbocycles. The van der Waals surface area contributed by atoms with Crippen LogP contribution in [0.1, 0.15) is 19.8 Å². The first-order valence-electron chi connectivity index (χ1n) is 8.86. The lowest BCUT2D eigenvalue weighted by Gasteiger charge is -2.38. The van der Waals surface area contributed by atoms with Crippen molar-refractivity contribution in [1.29, 1.82) is 0 Å². The minimum Gasteiger partial charge on any atom is -0.368 e. The molecule has 2 saturated heterocycles. The second-order valence-corrected chi connectivity index (χ2v) is 7.06. The second-order valence-electron chi connectivity index (χ2n) is 6.65. The molecule has 3 rings (SSSR count). The molecule has 8 heteroatoms. The molecule has 2 unspecified atom stereocenters. The summed E-state index contributed by atoms with van der Waals surface area (Å²) in [5, 5.41) is 2.90. The smallest absolute Gasteiger partial charge is 0.251 e. The molecule has 1 aromatic rings. The van der Waals surface area contributed by atoms with Crippen molar-refractivity contribution >= 4 is 29.1 Å². The van der Waals surface area contributed by atoms with Crippen LogP contribution in [0.2, 0.25) is 5.02 Å². The van der Waals surface area contributed by atoms with Crippen LogP contribution in [0.25, 0.3) is 0 Å². The SMILES string of the molecule is CC(C(=O)Nc1ccc(F)cc1Cl)N1CCN(C(=O)C2CCCO2)CC1. The number of nitrogens with zero attached hydrogens (tertiary/aromatic N) is 2. The zero-order chi connectivity index (χ0) is 18.7. The highest BCUT2D eigenvalue weighted by atomic mass is 35.5. The first kappa shape index (κ1) is 19.1. The van der Waals surface area contributed by atoms with Crippen molar-refractivity contribution in [3.63, 3.8) is 0 Å². The number of carbonyl (C=O) groups excluding carboxylic acids is 2. The third-order valence-corrected chi connectivity index (χ3v) is 5.26. The molecule has 26 heavy (non-hydrogen) atoms. The Labute approximate surface area is 157 Å². The summed E-state index contributed by atoms with van der Waals surface area (Å²) in [5.74, 6) is -0.608. The summed E-state index contributed by atoms with van der Waals surface area (Å²) in [6, 6.07) is 3.48. The molecular weight excluding hydrogens is 361 g/mol. The summed E-state index contributed by atoms with van der Waals surface area (Å²) in [7, 11) is 0. The number of halogens is 2. The maximum absolute atomic E-state index is 13.1. The Bertz CT molecular complexity index is 674. The van der Waals surface area contributed by atoms with Crippen LogP contribution in [0.4, 0.5) is 10.1 Å². The largest absolute Gasteiger partial charge is 0.368 e. The van der Waals surface area contributed by atoms with E-state index in [-0.39, 0.29) is 29.0 Å². The van der Waals surface area contributed by atoms with E-state index in [1.54, 1.807) is 0 Å². The molecule has 0 radical (unpaired) electrons. The highest BCUT2D eigenvalue weighted by Crippen LogP contribution is 2.23. The molecule has 1 aromatic carbocycles. The molecule has 1 N–H and O–H groups in total. The van der Waals surface area contributed by atoms with Gasteiger partial charge in [-0.05, 0) is 38.0 Å². The molecule has 6 nitrogen and oxygen atoms in total. The summed E-state index contributed by atoms with van der Waals surface area (Å²) >= 11 is 5.96. The molecule has 142 valence electrons. The minimum atomic E-state index is -0.451. The molecule has 0 aromatic heterocycles. The molecule has 2 aliphatic rings. The van der Waals surface area contributed by atoms with E-state index in [0.717, 1.165) is 18.9 Å². The van der Waals surface area contributed by atoms with Crippen molar-refractivity contribution in [2.75, 3.05) is 38.1 Å². The fourth-order valence-corrected chi connectivity index (χ4v) is 3.51. The minimum absolute atomic E-state index is 0.0531. The third kappa shape index (κ3) is 4.34. The van der Waals surface area contributed by atoms with E-state index in [1.807, 2.05) is 16.7 Å². The van der Waals surface area contributed by atoms with Gasteiger partial charge in [-0.1, -0.05) is 11.6 Å². The first-order chi connectivity index (χ1) is 12.5. The Morgan fingerprint density at radius 2 is 2.04 bits per heavy atom. The Hall–Kier alpha value is -1.70. The van der Waals surface area contributed by atoms with Crippen molar-refractivity contribution < 1.29 is 18.7 Å². The number of rotatable bonds is 4. The van der Waals surface area contributed by atoms with Gasteiger partial charge < -0.3 is 15.0 Å². The number of amides is 2. The van der Waals surface area contributed by atoms with Gasteiger partial charge in [0, 0.05) is 32.8 Å².